The van der Waals surface area contributed by atoms with Crippen molar-refractivity contribution >= 4 is 0 Å². The molecule has 10 heavy (non-hydrogen) atoms. The Kier molecular flexibility index (Phi) is 0.735. The molecule has 0 amide bonds. The van der Waals surface area contributed by atoms with Gasteiger partial charge in [-0.15, -0.1) is 0 Å². The highest BCUT2D eigenvalue weighted by Crippen LogP contribution is 2.74. The minimum Gasteiger partial charge on any atom is -0.0596 e. The Morgan fingerprint density at radius 3 is 2.80 bits per heavy atom. The van der Waals surface area contributed by atoms with Crippen molar-refractivity contribution in [2.24, 2.45) is 16.7 Å². The van der Waals surface area contributed by atoms with Crippen LogP contribution in [0, 0.1) is 16.7 Å². The van der Waals surface area contributed by atoms with E-state index in [4.69, 9.17) is 0 Å². The third-order valence-corrected chi connectivity index (χ3v) is 4.33. The van der Waals surface area contributed by atoms with Gasteiger partial charge in [0.2, 0.25) is 0 Å². The lowest BCUT2D eigenvalue weighted by atomic mass is 9.73. The van der Waals surface area contributed by atoms with Crippen molar-refractivity contribution in [1.82, 2.24) is 0 Å². The van der Waals surface area contributed by atoms with Gasteiger partial charge >= 0.3 is 0 Å². The van der Waals surface area contributed by atoms with Crippen LogP contribution in [-0.4, -0.2) is 0 Å². The third kappa shape index (κ3) is 0.500. The van der Waals surface area contributed by atoms with Gasteiger partial charge in [0.05, 0.1) is 0 Å². The summed E-state index contributed by atoms with van der Waals surface area (Å²) in [6.45, 7) is 2.51. The molecule has 0 aromatic rings. The van der Waals surface area contributed by atoms with Gasteiger partial charge in [0.1, 0.15) is 0 Å². The molecule has 3 saturated carbocycles. The summed E-state index contributed by atoms with van der Waals surface area (Å²) >= 11 is 0. The normalized spacial score (nSPS) is 63.9. The average Bonchev–Trinajstić information content (AvgIpc) is 2.35. The molecular weight excluding hydrogens is 120 g/mol. The van der Waals surface area contributed by atoms with E-state index in [1.807, 2.05) is 0 Å². The van der Waals surface area contributed by atoms with E-state index < -0.39 is 0 Å². The summed E-state index contributed by atoms with van der Waals surface area (Å²) in [7, 11) is 0. The maximum atomic E-state index is 2.51. The highest BCUT2D eigenvalue weighted by atomic mass is 14.7. The van der Waals surface area contributed by atoms with Crippen molar-refractivity contribution in [1.29, 1.82) is 0 Å². The molecule has 1 spiro atoms. The molecule has 0 aliphatic heterocycles. The molecule has 0 saturated heterocycles. The Morgan fingerprint density at radius 1 is 1.20 bits per heavy atom. The van der Waals surface area contributed by atoms with Crippen LogP contribution in [0.3, 0.4) is 0 Å². The topological polar surface area (TPSA) is 0 Å². The second-order valence-electron chi connectivity index (χ2n) is 5.31. The zero-order chi connectivity index (χ0) is 6.82. The van der Waals surface area contributed by atoms with E-state index in [1.165, 1.54) is 18.8 Å². The summed E-state index contributed by atoms with van der Waals surface area (Å²) in [6.07, 6.45) is 9.41. The second kappa shape index (κ2) is 1.31. The molecular formula is C10H16. The van der Waals surface area contributed by atoms with Crippen LogP contribution in [-0.2, 0) is 0 Å². The fourth-order valence-corrected chi connectivity index (χ4v) is 3.91. The number of fused-ring (bicyclic) bond motifs is 1. The van der Waals surface area contributed by atoms with E-state index in [2.05, 4.69) is 6.92 Å². The van der Waals surface area contributed by atoms with E-state index in [-0.39, 0.29) is 0 Å². The van der Waals surface area contributed by atoms with E-state index in [9.17, 15) is 0 Å². The zero-order valence-electron chi connectivity index (χ0n) is 6.82. The molecule has 0 radical (unpaired) electrons. The third-order valence-electron chi connectivity index (χ3n) is 4.33. The zero-order valence-corrected chi connectivity index (χ0v) is 6.82. The van der Waals surface area contributed by atoms with Crippen molar-refractivity contribution in [3.63, 3.8) is 0 Å². The fourth-order valence-electron chi connectivity index (χ4n) is 3.91. The molecule has 3 atom stereocenters. The van der Waals surface area contributed by atoms with Crippen LogP contribution in [0.1, 0.15) is 45.4 Å². The Balaban J connectivity index is 1.98. The minimum atomic E-state index is 0.807. The SMILES string of the molecule is CC12CCCC3(CC3C1)C2. The Morgan fingerprint density at radius 2 is 2.10 bits per heavy atom. The Labute approximate surface area is 63.0 Å². The van der Waals surface area contributed by atoms with Crippen molar-refractivity contribution in [3.05, 3.63) is 0 Å². The molecule has 0 aromatic carbocycles. The molecule has 2 bridgehead atoms. The fraction of sp³-hybridized carbons (Fsp3) is 1.00. The molecule has 3 fully saturated rings. The summed E-state index contributed by atoms with van der Waals surface area (Å²) in [5.41, 5.74) is 1.73. The molecule has 3 unspecified atom stereocenters. The van der Waals surface area contributed by atoms with Gasteiger partial charge in [0.15, 0.2) is 0 Å². The maximum absolute atomic E-state index is 2.51. The Hall–Kier alpha value is 0. The predicted octanol–water partition coefficient (Wildman–Crippen LogP) is 2.98. The Bertz CT molecular complexity index is 180. The molecule has 0 N–H and O–H groups in total. The number of hydrogen-bond donors (Lipinski definition) is 0. The summed E-state index contributed by atoms with van der Waals surface area (Å²) in [5.74, 6) is 1.18. The quantitative estimate of drug-likeness (QED) is 0.480. The van der Waals surface area contributed by atoms with Crippen LogP contribution in [0.4, 0.5) is 0 Å². The summed E-state index contributed by atoms with van der Waals surface area (Å²) in [6, 6.07) is 0. The largest absolute Gasteiger partial charge is 0.0596 e. The summed E-state index contributed by atoms with van der Waals surface area (Å²) < 4.78 is 0. The van der Waals surface area contributed by atoms with E-state index in [1.54, 1.807) is 25.7 Å². The van der Waals surface area contributed by atoms with E-state index in [0.29, 0.717) is 0 Å². The molecule has 0 heteroatoms. The van der Waals surface area contributed by atoms with Gasteiger partial charge in [-0.25, -0.2) is 0 Å². The van der Waals surface area contributed by atoms with Gasteiger partial charge in [-0.05, 0) is 48.9 Å². The first-order valence-electron chi connectivity index (χ1n) is 4.73. The van der Waals surface area contributed by atoms with Crippen LogP contribution in [0.2, 0.25) is 0 Å². The van der Waals surface area contributed by atoms with Crippen molar-refractivity contribution in [2.75, 3.05) is 0 Å². The van der Waals surface area contributed by atoms with Gasteiger partial charge in [-0.2, -0.15) is 0 Å². The van der Waals surface area contributed by atoms with Gasteiger partial charge in [0, 0.05) is 0 Å². The van der Waals surface area contributed by atoms with Crippen LogP contribution in [0.5, 0.6) is 0 Å². The molecule has 3 aliphatic rings. The first-order chi connectivity index (χ1) is 4.73. The van der Waals surface area contributed by atoms with E-state index >= 15 is 0 Å². The van der Waals surface area contributed by atoms with Gasteiger partial charge in [-0.1, -0.05) is 13.3 Å². The number of hydrogen-bond acceptors (Lipinski definition) is 0. The molecule has 3 rings (SSSR count). The summed E-state index contributed by atoms with van der Waals surface area (Å²) in [5, 5.41) is 0. The lowest BCUT2D eigenvalue weighted by molar-refractivity contribution is 0.191. The van der Waals surface area contributed by atoms with Crippen LogP contribution >= 0.6 is 0 Å². The molecule has 3 aliphatic carbocycles. The second-order valence-corrected chi connectivity index (χ2v) is 5.31. The minimum absolute atomic E-state index is 0.807. The molecule has 56 valence electrons. The predicted molar refractivity (Wildman–Crippen MR) is 41.7 cm³/mol. The van der Waals surface area contributed by atoms with Crippen LogP contribution < -0.4 is 0 Å². The first-order valence-corrected chi connectivity index (χ1v) is 4.73. The standard InChI is InChI=1S/C10H16/c1-9-3-2-4-10(7-9)6-8(10)5-9/h8H,2-7H2,1H3. The lowest BCUT2D eigenvalue weighted by Crippen LogP contribution is -2.20. The molecule has 0 heterocycles. The van der Waals surface area contributed by atoms with Crippen molar-refractivity contribution in [2.45, 2.75) is 45.4 Å². The van der Waals surface area contributed by atoms with Gasteiger partial charge in [-0.3, -0.25) is 0 Å². The van der Waals surface area contributed by atoms with Crippen LogP contribution in [0.15, 0.2) is 0 Å². The monoisotopic (exact) mass is 136 g/mol. The molecule has 0 aromatic heterocycles. The van der Waals surface area contributed by atoms with Crippen molar-refractivity contribution in [3.8, 4) is 0 Å². The lowest BCUT2D eigenvalue weighted by Gasteiger charge is -2.32. The highest BCUT2D eigenvalue weighted by Gasteiger charge is 2.64. The molecule has 0 nitrogen and oxygen atoms in total. The smallest absolute Gasteiger partial charge is 0.0261 e. The first kappa shape index (κ1) is 5.62. The highest BCUT2D eigenvalue weighted by molar-refractivity contribution is 5.14. The van der Waals surface area contributed by atoms with E-state index in [0.717, 1.165) is 10.8 Å². The number of rotatable bonds is 0. The van der Waals surface area contributed by atoms with Gasteiger partial charge < -0.3 is 0 Å². The van der Waals surface area contributed by atoms with Gasteiger partial charge in [0.25, 0.3) is 0 Å². The average molecular weight is 136 g/mol. The maximum Gasteiger partial charge on any atom is -0.0261 e. The summed E-state index contributed by atoms with van der Waals surface area (Å²) in [4.78, 5) is 0. The van der Waals surface area contributed by atoms with Crippen LogP contribution in [0.25, 0.3) is 0 Å². The van der Waals surface area contributed by atoms with Crippen molar-refractivity contribution < 1.29 is 0 Å².